The van der Waals surface area contributed by atoms with Crippen LogP contribution in [0.3, 0.4) is 0 Å². The molecule has 0 aliphatic rings. The fraction of sp³-hybridized carbons (Fsp3) is 0.364. The third-order valence-electron chi connectivity index (χ3n) is 2.35. The first-order valence-corrected chi connectivity index (χ1v) is 5.43. The van der Waals surface area contributed by atoms with Gasteiger partial charge in [-0.25, -0.2) is 5.84 Å². The van der Waals surface area contributed by atoms with E-state index in [1.807, 2.05) is 0 Å². The van der Waals surface area contributed by atoms with Crippen molar-refractivity contribution >= 4 is 17.5 Å². The van der Waals surface area contributed by atoms with Gasteiger partial charge >= 0.3 is 0 Å². The van der Waals surface area contributed by atoms with Crippen LogP contribution in [0.4, 0.5) is 0 Å². The number of carbonyl (C=O) groups excluding carboxylic acids is 1. The van der Waals surface area contributed by atoms with Crippen molar-refractivity contribution < 1.29 is 9.53 Å². The highest BCUT2D eigenvalue weighted by Crippen LogP contribution is 2.23. The molecule has 5 nitrogen and oxygen atoms in total. The normalized spacial score (nSPS) is 12.1. The number of benzene rings is 1. The lowest BCUT2D eigenvalue weighted by molar-refractivity contribution is -0.131. The molecule has 4 N–H and O–H groups in total. The zero-order valence-corrected chi connectivity index (χ0v) is 10.6. The third kappa shape index (κ3) is 3.59. The van der Waals surface area contributed by atoms with Crippen LogP contribution in [-0.4, -0.2) is 31.1 Å². The van der Waals surface area contributed by atoms with Gasteiger partial charge in [-0.15, -0.1) is 0 Å². The summed E-state index contributed by atoms with van der Waals surface area (Å²) < 4.78 is 5.17. The van der Waals surface area contributed by atoms with Crippen molar-refractivity contribution in [2.24, 2.45) is 11.6 Å². The monoisotopic (exact) mass is 257 g/mol. The Morgan fingerprint density at radius 2 is 2.24 bits per heavy atom. The molecule has 1 amide bonds. The zero-order valence-electron chi connectivity index (χ0n) is 9.81. The summed E-state index contributed by atoms with van der Waals surface area (Å²) in [5.41, 5.74) is 6.53. The third-order valence-corrected chi connectivity index (χ3v) is 2.58. The molecule has 0 fully saturated rings. The summed E-state index contributed by atoms with van der Waals surface area (Å²) in [4.78, 5) is 11.5. The quantitative estimate of drug-likeness (QED) is 0.469. The minimum atomic E-state index is -0.711. The SMILES string of the molecule is COc1ccc(Cl)cc1CC(N)C(=O)N(C)N. The number of nitrogens with zero attached hydrogens (tertiary/aromatic N) is 1. The van der Waals surface area contributed by atoms with Crippen molar-refractivity contribution in [3.63, 3.8) is 0 Å². The first-order chi connectivity index (χ1) is 7.95. The highest BCUT2D eigenvalue weighted by Gasteiger charge is 2.18. The van der Waals surface area contributed by atoms with Gasteiger partial charge in [-0.2, -0.15) is 0 Å². The van der Waals surface area contributed by atoms with Crippen molar-refractivity contribution in [3.05, 3.63) is 28.8 Å². The molecule has 0 spiro atoms. The van der Waals surface area contributed by atoms with Crippen LogP contribution in [0, 0.1) is 0 Å². The van der Waals surface area contributed by atoms with E-state index in [9.17, 15) is 4.79 Å². The molecule has 0 bridgehead atoms. The van der Waals surface area contributed by atoms with E-state index < -0.39 is 6.04 Å². The molecule has 0 heterocycles. The second kappa shape index (κ2) is 5.86. The number of hydrogen-bond acceptors (Lipinski definition) is 4. The van der Waals surface area contributed by atoms with E-state index in [0.717, 1.165) is 10.6 Å². The highest BCUT2D eigenvalue weighted by atomic mass is 35.5. The molecular weight excluding hydrogens is 242 g/mol. The smallest absolute Gasteiger partial charge is 0.253 e. The maximum atomic E-state index is 11.5. The molecule has 0 radical (unpaired) electrons. The molecule has 6 heteroatoms. The molecule has 1 rings (SSSR count). The van der Waals surface area contributed by atoms with Crippen LogP contribution in [0.25, 0.3) is 0 Å². The number of halogens is 1. The van der Waals surface area contributed by atoms with Crippen LogP contribution in [0.5, 0.6) is 5.75 Å². The standard InChI is InChI=1S/C11H16ClN3O2/c1-15(14)11(16)9(13)6-7-5-8(12)3-4-10(7)17-2/h3-5,9H,6,13-14H2,1-2H3. The van der Waals surface area contributed by atoms with E-state index in [-0.39, 0.29) is 5.91 Å². The Bertz CT molecular complexity index is 410. The maximum absolute atomic E-state index is 11.5. The van der Waals surface area contributed by atoms with Crippen molar-refractivity contribution in [2.75, 3.05) is 14.2 Å². The highest BCUT2D eigenvalue weighted by molar-refractivity contribution is 6.30. The van der Waals surface area contributed by atoms with Gasteiger partial charge in [0, 0.05) is 18.5 Å². The number of carbonyl (C=O) groups is 1. The number of methoxy groups -OCH3 is 1. The lowest BCUT2D eigenvalue weighted by Crippen LogP contribution is -2.46. The van der Waals surface area contributed by atoms with Gasteiger partial charge in [-0.05, 0) is 23.8 Å². The predicted molar refractivity (Wildman–Crippen MR) is 66.6 cm³/mol. The van der Waals surface area contributed by atoms with Crippen molar-refractivity contribution in [1.29, 1.82) is 0 Å². The number of likely N-dealkylation sites (N-methyl/N-ethyl adjacent to an activating group) is 1. The topological polar surface area (TPSA) is 81.6 Å². The molecule has 0 aliphatic heterocycles. The van der Waals surface area contributed by atoms with Gasteiger partial charge in [0.2, 0.25) is 0 Å². The second-order valence-corrected chi connectivity index (χ2v) is 4.15. The minimum Gasteiger partial charge on any atom is -0.496 e. The molecule has 17 heavy (non-hydrogen) atoms. The van der Waals surface area contributed by atoms with E-state index in [1.54, 1.807) is 25.3 Å². The van der Waals surface area contributed by atoms with Gasteiger partial charge in [0.05, 0.1) is 13.2 Å². The Hall–Kier alpha value is -1.30. The molecule has 0 saturated heterocycles. The molecule has 94 valence electrons. The molecule has 1 aromatic rings. The predicted octanol–water partition coefficient (Wildman–Crippen LogP) is 0.550. The van der Waals surface area contributed by atoms with Crippen LogP contribution in [0.1, 0.15) is 5.56 Å². The van der Waals surface area contributed by atoms with Gasteiger partial charge in [0.1, 0.15) is 5.75 Å². The molecule has 1 atom stereocenters. The van der Waals surface area contributed by atoms with E-state index in [1.165, 1.54) is 7.05 Å². The van der Waals surface area contributed by atoms with Gasteiger partial charge in [-0.1, -0.05) is 11.6 Å². The molecule has 0 aliphatic carbocycles. The molecule has 0 aromatic heterocycles. The number of ether oxygens (including phenoxy) is 1. The Morgan fingerprint density at radius 3 is 2.76 bits per heavy atom. The maximum Gasteiger partial charge on any atom is 0.253 e. The molecule has 1 aromatic carbocycles. The van der Waals surface area contributed by atoms with Gasteiger partial charge in [0.15, 0.2) is 0 Å². The Balaban J connectivity index is 2.87. The van der Waals surface area contributed by atoms with Crippen LogP contribution in [-0.2, 0) is 11.2 Å². The lowest BCUT2D eigenvalue weighted by Gasteiger charge is -2.17. The lowest BCUT2D eigenvalue weighted by atomic mass is 10.0. The second-order valence-electron chi connectivity index (χ2n) is 3.72. The Labute approximate surface area is 105 Å². The van der Waals surface area contributed by atoms with Crippen LogP contribution >= 0.6 is 11.6 Å². The summed E-state index contributed by atoms with van der Waals surface area (Å²) in [5, 5.41) is 1.54. The average Bonchev–Trinajstić information content (AvgIpc) is 2.28. The van der Waals surface area contributed by atoms with Crippen molar-refractivity contribution in [2.45, 2.75) is 12.5 Å². The minimum absolute atomic E-state index is 0.324. The molecule has 1 unspecified atom stereocenters. The first-order valence-electron chi connectivity index (χ1n) is 5.06. The van der Waals surface area contributed by atoms with Crippen LogP contribution in [0.15, 0.2) is 18.2 Å². The van der Waals surface area contributed by atoms with Crippen LogP contribution in [0.2, 0.25) is 5.02 Å². The molecular formula is C11H16ClN3O2. The number of amides is 1. The number of nitrogens with two attached hydrogens (primary N) is 2. The van der Waals surface area contributed by atoms with Gasteiger partial charge < -0.3 is 10.5 Å². The van der Waals surface area contributed by atoms with Gasteiger partial charge in [-0.3, -0.25) is 9.80 Å². The van der Waals surface area contributed by atoms with Crippen LogP contribution < -0.4 is 16.3 Å². The number of rotatable bonds is 4. The molecule has 0 saturated carbocycles. The summed E-state index contributed by atoms with van der Waals surface area (Å²) in [6, 6.07) is 4.47. The number of hydrazine groups is 1. The van der Waals surface area contributed by atoms with E-state index in [0.29, 0.717) is 17.2 Å². The Kier molecular flexibility index (Phi) is 4.74. The zero-order chi connectivity index (χ0) is 13.0. The summed E-state index contributed by atoms with van der Waals surface area (Å²) in [6.07, 6.45) is 0.324. The fourth-order valence-electron chi connectivity index (χ4n) is 1.49. The van der Waals surface area contributed by atoms with E-state index in [2.05, 4.69) is 0 Å². The first kappa shape index (κ1) is 13.8. The van der Waals surface area contributed by atoms with Gasteiger partial charge in [0.25, 0.3) is 5.91 Å². The average molecular weight is 258 g/mol. The largest absolute Gasteiger partial charge is 0.496 e. The Morgan fingerprint density at radius 1 is 1.59 bits per heavy atom. The fourth-order valence-corrected chi connectivity index (χ4v) is 1.69. The summed E-state index contributed by atoms with van der Waals surface area (Å²) in [6.45, 7) is 0. The van der Waals surface area contributed by atoms with E-state index in [4.69, 9.17) is 27.9 Å². The summed E-state index contributed by atoms with van der Waals surface area (Å²) >= 11 is 5.88. The van der Waals surface area contributed by atoms with Crippen molar-refractivity contribution in [3.8, 4) is 5.75 Å². The summed E-state index contributed by atoms with van der Waals surface area (Å²) in [5.74, 6) is 5.65. The number of hydrogen-bond donors (Lipinski definition) is 2. The summed E-state index contributed by atoms with van der Waals surface area (Å²) in [7, 11) is 3.01. The van der Waals surface area contributed by atoms with Crippen molar-refractivity contribution in [1.82, 2.24) is 5.01 Å². The van der Waals surface area contributed by atoms with E-state index >= 15 is 0 Å².